The van der Waals surface area contributed by atoms with Gasteiger partial charge in [0, 0.05) is 46.3 Å². The zero-order valence-electron chi connectivity index (χ0n) is 16.8. The Hall–Kier alpha value is -5.06. The van der Waals surface area contributed by atoms with Crippen LogP contribution in [0.1, 0.15) is 16.1 Å². The van der Waals surface area contributed by atoms with E-state index in [9.17, 15) is 30.1 Å². The molecule has 4 aromatic rings. The second kappa shape index (κ2) is 8.59. The number of nitro benzene ring substituents is 2. The molecule has 0 aliphatic rings. The number of non-ortho nitro benzene ring substituents is 2. The van der Waals surface area contributed by atoms with E-state index in [1.54, 1.807) is 30.3 Å². The summed E-state index contributed by atoms with van der Waals surface area (Å²) >= 11 is 0. The van der Waals surface area contributed by atoms with Crippen LogP contribution in [0.4, 0.5) is 11.4 Å². The van der Waals surface area contributed by atoms with Crippen molar-refractivity contribution in [2.45, 2.75) is 0 Å². The number of nitro groups is 2. The number of aromatic hydroxyl groups is 1. The highest BCUT2D eigenvalue weighted by atomic mass is 16.6. The number of carbonyl (C=O) groups is 1. The summed E-state index contributed by atoms with van der Waals surface area (Å²) in [5.41, 5.74) is 3.75. The first-order valence-electron chi connectivity index (χ1n) is 9.51. The lowest BCUT2D eigenvalue weighted by Gasteiger charge is -2.04. The van der Waals surface area contributed by atoms with Crippen molar-refractivity contribution in [3.8, 4) is 16.9 Å². The number of phenolic OH excluding ortho intramolecular Hbond substituents is 1. The Kier molecular flexibility index (Phi) is 5.51. The molecule has 164 valence electrons. The van der Waals surface area contributed by atoms with E-state index >= 15 is 0 Å². The molecule has 4 rings (SSSR count). The third-order valence-corrected chi connectivity index (χ3v) is 4.87. The van der Waals surface area contributed by atoms with Gasteiger partial charge in [-0.15, -0.1) is 0 Å². The Labute approximate surface area is 185 Å². The molecule has 0 unspecified atom stereocenters. The topological polar surface area (TPSA) is 164 Å². The van der Waals surface area contributed by atoms with Crippen LogP contribution in [0.5, 0.6) is 5.75 Å². The third kappa shape index (κ3) is 4.23. The van der Waals surface area contributed by atoms with Gasteiger partial charge >= 0.3 is 0 Å². The van der Waals surface area contributed by atoms with Gasteiger partial charge in [-0.05, 0) is 17.7 Å². The smallest absolute Gasteiger partial charge is 0.288 e. The third-order valence-electron chi connectivity index (χ3n) is 4.87. The largest absolute Gasteiger partial charge is 0.507 e. The summed E-state index contributed by atoms with van der Waals surface area (Å²) in [4.78, 5) is 36.9. The van der Waals surface area contributed by atoms with Gasteiger partial charge in [-0.1, -0.05) is 30.3 Å². The van der Waals surface area contributed by atoms with Crippen LogP contribution >= 0.6 is 0 Å². The maximum absolute atomic E-state index is 12.9. The fraction of sp³-hybridized carbons (Fsp3) is 0. The zero-order chi connectivity index (χ0) is 23.5. The number of phenols is 1. The van der Waals surface area contributed by atoms with Crippen LogP contribution in [-0.2, 0) is 0 Å². The summed E-state index contributed by atoms with van der Waals surface area (Å²) in [5, 5.41) is 36.3. The highest BCUT2D eigenvalue weighted by molar-refractivity contribution is 6.10. The number of hydrazone groups is 1. The van der Waals surface area contributed by atoms with Crippen LogP contribution in [0.3, 0.4) is 0 Å². The molecule has 3 N–H and O–H groups in total. The van der Waals surface area contributed by atoms with E-state index in [-0.39, 0.29) is 28.4 Å². The molecule has 0 bridgehead atoms. The molecule has 1 amide bonds. The van der Waals surface area contributed by atoms with Crippen molar-refractivity contribution in [3.05, 3.63) is 98.2 Å². The van der Waals surface area contributed by atoms with E-state index in [1.165, 1.54) is 18.2 Å². The van der Waals surface area contributed by atoms with Gasteiger partial charge in [0.05, 0.1) is 16.1 Å². The van der Waals surface area contributed by atoms with Crippen LogP contribution in [0.15, 0.2) is 71.8 Å². The second-order valence-electron chi connectivity index (χ2n) is 6.93. The maximum atomic E-state index is 12.9. The minimum atomic E-state index is -0.645. The highest BCUT2D eigenvalue weighted by Gasteiger charge is 2.21. The molecule has 0 aliphatic carbocycles. The fourth-order valence-corrected chi connectivity index (χ4v) is 3.34. The zero-order valence-corrected chi connectivity index (χ0v) is 16.8. The SMILES string of the molecule is O=C(N/N=C\c1cc([N+](=O)[O-])ccc1O)c1[nH]c2ccc([N+](=O)[O-])cc2c1-c1ccccc1. The molecule has 0 saturated heterocycles. The molecule has 33 heavy (non-hydrogen) atoms. The molecule has 11 nitrogen and oxygen atoms in total. The number of carbonyl (C=O) groups excluding carboxylic acids is 1. The van der Waals surface area contributed by atoms with E-state index in [0.29, 0.717) is 22.0 Å². The van der Waals surface area contributed by atoms with Crippen molar-refractivity contribution in [2.24, 2.45) is 5.10 Å². The average Bonchev–Trinajstić information content (AvgIpc) is 3.19. The minimum Gasteiger partial charge on any atom is -0.507 e. The number of hydrogen-bond acceptors (Lipinski definition) is 7. The van der Waals surface area contributed by atoms with Crippen LogP contribution < -0.4 is 5.43 Å². The predicted octanol–water partition coefficient (Wildman–Crippen LogP) is 4.12. The number of amides is 1. The molecule has 0 atom stereocenters. The van der Waals surface area contributed by atoms with Gasteiger partial charge in [0.15, 0.2) is 0 Å². The van der Waals surface area contributed by atoms with Gasteiger partial charge in [-0.2, -0.15) is 5.10 Å². The van der Waals surface area contributed by atoms with E-state index in [2.05, 4.69) is 15.5 Å². The summed E-state index contributed by atoms with van der Waals surface area (Å²) in [6, 6.07) is 16.5. The second-order valence-corrected chi connectivity index (χ2v) is 6.93. The Balaban J connectivity index is 1.71. The molecule has 0 spiro atoms. The quantitative estimate of drug-likeness (QED) is 0.229. The molecule has 0 fully saturated rings. The van der Waals surface area contributed by atoms with Crippen molar-refractivity contribution in [3.63, 3.8) is 0 Å². The Bertz CT molecular complexity index is 1430. The highest BCUT2D eigenvalue weighted by Crippen LogP contribution is 2.34. The molecular formula is C22H15N5O6. The monoisotopic (exact) mass is 445 g/mol. The normalized spacial score (nSPS) is 11.0. The minimum absolute atomic E-state index is 0.0417. The summed E-state index contributed by atoms with van der Waals surface area (Å²) in [6.45, 7) is 0. The van der Waals surface area contributed by atoms with Crippen molar-refractivity contribution >= 4 is 34.4 Å². The summed E-state index contributed by atoms with van der Waals surface area (Å²) in [6.07, 6.45) is 1.08. The Morgan fingerprint density at radius 1 is 0.970 bits per heavy atom. The van der Waals surface area contributed by atoms with Crippen molar-refractivity contribution < 1.29 is 19.7 Å². The number of nitrogens with zero attached hydrogens (tertiary/aromatic N) is 3. The molecule has 3 aromatic carbocycles. The number of benzene rings is 3. The van der Waals surface area contributed by atoms with Gasteiger partial charge in [-0.25, -0.2) is 5.43 Å². The van der Waals surface area contributed by atoms with Crippen LogP contribution in [0.25, 0.3) is 22.0 Å². The van der Waals surface area contributed by atoms with E-state index < -0.39 is 15.8 Å². The Morgan fingerprint density at radius 3 is 2.33 bits per heavy atom. The van der Waals surface area contributed by atoms with Crippen molar-refractivity contribution in [1.29, 1.82) is 0 Å². The molecule has 0 saturated carbocycles. The standard InChI is InChI=1S/C22H15N5O6/c28-19-9-7-15(26(30)31)10-14(19)12-23-25-22(29)21-20(13-4-2-1-3-5-13)17-11-16(27(32)33)6-8-18(17)24-21/h1-12,24,28H,(H,25,29)/b23-12-. The van der Waals surface area contributed by atoms with Crippen molar-refractivity contribution in [1.82, 2.24) is 10.4 Å². The van der Waals surface area contributed by atoms with Gasteiger partial charge in [0.25, 0.3) is 17.3 Å². The average molecular weight is 445 g/mol. The number of hydrogen-bond donors (Lipinski definition) is 3. The van der Waals surface area contributed by atoms with E-state index in [1.807, 2.05) is 0 Å². The number of nitrogens with one attached hydrogen (secondary N) is 2. The fourth-order valence-electron chi connectivity index (χ4n) is 3.34. The molecule has 1 heterocycles. The first-order valence-corrected chi connectivity index (χ1v) is 9.51. The molecule has 0 aliphatic heterocycles. The summed E-state index contributed by atoms with van der Waals surface area (Å²) in [5.74, 6) is -0.893. The van der Waals surface area contributed by atoms with Crippen LogP contribution in [0, 0.1) is 20.2 Å². The first kappa shape index (κ1) is 21.2. The van der Waals surface area contributed by atoms with Crippen molar-refractivity contribution in [2.75, 3.05) is 0 Å². The molecule has 0 radical (unpaired) electrons. The van der Waals surface area contributed by atoms with Crippen LogP contribution in [0.2, 0.25) is 0 Å². The lowest BCUT2D eigenvalue weighted by molar-refractivity contribution is -0.385. The first-order chi connectivity index (χ1) is 15.8. The summed E-state index contributed by atoms with van der Waals surface area (Å²) in [7, 11) is 0. The van der Waals surface area contributed by atoms with E-state index in [4.69, 9.17) is 0 Å². The number of rotatable bonds is 6. The van der Waals surface area contributed by atoms with Gasteiger partial charge in [0.1, 0.15) is 11.4 Å². The number of H-pyrrole nitrogens is 1. The summed E-state index contributed by atoms with van der Waals surface area (Å²) < 4.78 is 0. The predicted molar refractivity (Wildman–Crippen MR) is 120 cm³/mol. The Morgan fingerprint density at radius 2 is 1.64 bits per heavy atom. The number of fused-ring (bicyclic) bond motifs is 1. The van der Waals surface area contributed by atoms with Gasteiger partial charge in [-0.3, -0.25) is 25.0 Å². The maximum Gasteiger partial charge on any atom is 0.288 e. The number of aromatic amines is 1. The van der Waals surface area contributed by atoms with Crippen LogP contribution in [-0.4, -0.2) is 32.1 Å². The van der Waals surface area contributed by atoms with E-state index in [0.717, 1.165) is 24.4 Å². The molecule has 1 aromatic heterocycles. The lowest BCUT2D eigenvalue weighted by atomic mass is 10.0. The van der Waals surface area contributed by atoms with Gasteiger partial charge in [0.2, 0.25) is 0 Å². The lowest BCUT2D eigenvalue weighted by Crippen LogP contribution is -2.18. The number of aromatic nitrogens is 1. The molecular weight excluding hydrogens is 430 g/mol. The molecule has 11 heteroatoms. The van der Waals surface area contributed by atoms with Gasteiger partial charge < -0.3 is 10.1 Å².